The zero-order valence-electron chi connectivity index (χ0n) is 18.8. The Morgan fingerprint density at radius 1 is 0.939 bits per heavy atom. The van der Waals surface area contributed by atoms with Gasteiger partial charge < -0.3 is 14.5 Å². The maximum absolute atomic E-state index is 13.7. The van der Waals surface area contributed by atoms with Crippen molar-refractivity contribution in [1.29, 1.82) is 0 Å². The summed E-state index contributed by atoms with van der Waals surface area (Å²) in [4.78, 5) is 44.2. The van der Waals surface area contributed by atoms with Gasteiger partial charge in [-0.25, -0.2) is 4.79 Å². The highest BCUT2D eigenvalue weighted by molar-refractivity contribution is 5.97. The SMILES string of the molecule is CN1CCN(c2ccc(C3(C(=O)N4CCC5(C4)OC(=O)c4ccccc45)CC3)cc2)C(=O)C1. The van der Waals surface area contributed by atoms with Crippen LogP contribution in [0.5, 0.6) is 0 Å². The number of benzene rings is 2. The predicted molar refractivity (Wildman–Crippen MR) is 122 cm³/mol. The van der Waals surface area contributed by atoms with Crippen LogP contribution in [0.3, 0.4) is 0 Å². The summed E-state index contributed by atoms with van der Waals surface area (Å²) in [7, 11) is 1.95. The van der Waals surface area contributed by atoms with Gasteiger partial charge in [0, 0.05) is 37.3 Å². The first-order valence-corrected chi connectivity index (χ1v) is 11.6. The van der Waals surface area contributed by atoms with Crippen LogP contribution in [0, 0.1) is 0 Å². The molecular formula is C26H27N3O4. The average Bonchev–Trinajstić information content (AvgIpc) is 3.45. The van der Waals surface area contributed by atoms with Gasteiger partial charge in [0.05, 0.1) is 24.1 Å². The molecule has 0 aromatic heterocycles. The van der Waals surface area contributed by atoms with Gasteiger partial charge in [-0.15, -0.1) is 0 Å². The Kier molecular flexibility index (Phi) is 4.43. The highest BCUT2D eigenvalue weighted by atomic mass is 16.6. The summed E-state index contributed by atoms with van der Waals surface area (Å²) in [5.41, 5.74) is 2.18. The zero-order valence-corrected chi connectivity index (χ0v) is 18.8. The predicted octanol–water partition coefficient (Wildman–Crippen LogP) is 2.29. The Morgan fingerprint density at radius 3 is 2.42 bits per heavy atom. The molecule has 3 fully saturated rings. The average molecular weight is 446 g/mol. The third-order valence-electron chi connectivity index (χ3n) is 7.75. The van der Waals surface area contributed by atoms with Gasteiger partial charge in [-0.3, -0.25) is 14.5 Å². The minimum atomic E-state index is -0.717. The van der Waals surface area contributed by atoms with E-state index in [1.54, 1.807) is 6.07 Å². The summed E-state index contributed by atoms with van der Waals surface area (Å²) in [5, 5.41) is 0. The lowest BCUT2D eigenvalue weighted by Gasteiger charge is -2.32. The standard InChI is InChI=1S/C26H27N3O4/c1-27-14-15-29(22(30)16-27)19-8-6-18(7-9-19)25(10-11-25)24(32)28-13-12-26(17-28)21-5-3-2-4-20(21)23(31)33-26/h2-9H,10-17H2,1H3. The van der Waals surface area contributed by atoms with Gasteiger partial charge in [-0.05, 0) is 43.7 Å². The van der Waals surface area contributed by atoms with Crippen LogP contribution in [-0.4, -0.2) is 67.4 Å². The zero-order chi connectivity index (χ0) is 22.8. The molecule has 170 valence electrons. The van der Waals surface area contributed by atoms with E-state index < -0.39 is 11.0 Å². The van der Waals surface area contributed by atoms with Crippen LogP contribution in [0.15, 0.2) is 48.5 Å². The maximum Gasteiger partial charge on any atom is 0.339 e. The number of nitrogens with zero attached hydrogens (tertiary/aromatic N) is 3. The lowest BCUT2D eigenvalue weighted by Crippen LogP contribution is -2.48. The molecule has 1 unspecified atom stereocenters. The maximum atomic E-state index is 13.7. The Labute approximate surface area is 192 Å². The molecule has 1 aliphatic carbocycles. The van der Waals surface area contributed by atoms with Gasteiger partial charge in [-0.1, -0.05) is 30.3 Å². The third-order valence-corrected chi connectivity index (χ3v) is 7.75. The van der Waals surface area contributed by atoms with Crippen LogP contribution >= 0.6 is 0 Å². The van der Waals surface area contributed by atoms with E-state index in [1.165, 1.54) is 0 Å². The molecule has 0 radical (unpaired) electrons. The fourth-order valence-electron chi connectivity index (χ4n) is 5.68. The third kappa shape index (κ3) is 3.09. The molecule has 1 saturated carbocycles. The van der Waals surface area contributed by atoms with Crippen LogP contribution in [0.2, 0.25) is 0 Å². The number of fused-ring (bicyclic) bond motifs is 2. The number of rotatable bonds is 3. The number of hydrogen-bond acceptors (Lipinski definition) is 5. The Balaban J connectivity index is 1.20. The summed E-state index contributed by atoms with van der Waals surface area (Å²) in [5.74, 6) is -0.0826. The quantitative estimate of drug-likeness (QED) is 0.678. The molecule has 33 heavy (non-hydrogen) atoms. The van der Waals surface area contributed by atoms with Crippen molar-refractivity contribution < 1.29 is 19.1 Å². The number of esters is 1. The van der Waals surface area contributed by atoms with Crippen LogP contribution in [-0.2, 0) is 25.3 Å². The largest absolute Gasteiger partial charge is 0.449 e. The first-order chi connectivity index (χ1) is 15.9. The number of piperazine rings is 1. The van der Waals surface area contributed by atoms with Crippen LogP contribution in [0.4, 0.5) is 5.69 Å². The number of carbonyl (C=O) groups excluding carboxylic acids is 3. The van der Waals surface area contributed by atoms with Gasteiger partial charge in [0.15, 0.2) is 5.60 Å². The fourth-order valence-corrected chi connectivity index (χ4v) is 5.68. The molecule has 2 aromatic rings. The number of likely N-dealkylation sites (N-methyl/N-ethyl adjacent to an activating group) is 1. The van der Waals surface area contributed by atoms with Crippen molar-refractivity contribution in [3.63, 3.8) is 0 Å². The van der Waals surface area contributed by atoms with Gasteiger partial charge in [-0.2, -0.15) is 0 Å². The first-order valence-electron chi connectivity index (χ1n) is 11.6. The summed E-state index contributed by atoms with van der Waals surface area (Å²) in [6, 6.07) is 15.4. The summed E-state index contributed by atoms with van der Waals surface area (Å²) >= 11 is 0. The van der Waals surface area contributed by atoms with Gasteiger partial charge in [0.2, 0.25) is 11.8 Å². The molecule has 4 aliphatic rings. The van der Waals surface area contributed by atoms with E-state index in [0.29, 0.717) is 38.2 Å². The van der Waals surface area contributed by atoms with Crippen molar-refractivity contribution in [1.82, 2.24) is 9.80 Å². The first kappa shape index (κ1) is 20.4. The van der Waals surface area contributed by atoms with E-state index in [2.05, 4.69) is 0 Å². The lowest BCUT2D eigenvalue weighted by atomic mass is 9.91. The molecule has 6 rings (SSSR count). The molecule has 3 heterocycles. The van der Waals surface area contributed by atoms with Crippen molar-refractivity contribution in [3.05, 3.63) is 65.2 Å². The van der Waals surface area contributed by atoms with E-state index in [-0.39, 0.29) is 17.8 Å². The van der Waals surface area contributed by atoms with Crippen molar-refractivity contribution in [2.45, 2.75) is 30.3 Å². The molecule has 7 heteroatoms. The minimum absolute atomic E-state index is 0.0995. The van der Waals surface area contributed by atoms with E-state index in [4.69, 9.17) is 4.74 Å². The summed E-state index contributed by atoms with van der Waals surface area (Å²) in [6.45, 7) is 2.93. The van der Waals surface area contributed by atoms with Gasteiger partial charge >= 0.3 is 5.97 Å². The van der Waals surface area contributed by atoms with Crippen molar-refractivity contribution in [3.8, 4) is 0 Å². The second kappa shape index (κ2) is 7.15. The van der Waals surface area contributed by atoms with E-state index in [1.807, 2.05) is 64.2 Å². The second-order valence-electron chi connectivity index (χ2n) is 9.82. The number of ether oxygens (including phenoxy) is 1. The number of likely N-dealkylation sites (tertiary alicyclic amines) is 1. The van der Waals surface area contributed by atoms with E-state index in [0.717, 1.165) is 36.2 Å². The molecule has 2 aromatic carbocycles. The molecule has 2 saturated heterocycles. The summed E-state index contributed by atoms with van der Waals surface area (Å²) in [6.07, 6.45) is 2.26. The van der Waals surface area contributed by atoms with E-state index in [9.17, 15) is 14.4 Å². The number of anilines is 1. The number of amides is 2. The van der Waals surface area contributed by atoms with Crippen molar-refractivity contribution in [2.24, 2.45) is 0 Å². The molecule has 0 bridgehead atoms. The molecule has 7 nitrogen and oxygen atoms in total. The van der Waals surface area contributed by atoms with Crippen LogP contribution in [0.1, 0.15) is 40.7 Å². The molecule has 1 spiro atoms. The second-order valence-corrected chi connectivity index (χ2v) is 9.82. The lowest BCUT2D eigenvalue weighted by molar-refractivity contribution is -0.134. The molecule has 0 N–H and O–H groups in total. The Bertz CT molecular complexity index is 1160. The Morgan fingerprint density at radius 2 is 1.70 bits per heavy atom. The Hall–Kier alpha value is -3.19. The molecule has 3 aliphatic heterocycles. The monoisotopic (exact) mass is 445 g/mol. The molecule has 2 amide bonds. The van der Waals surface area contributed by atoms with Gasteiger partial charge in [0.1, 0.15) is 0 Å². The highest BCUT2D eigenvalue weighted by Crippen LogP contribution is 2.52. The van der Waals surface area contributed by atoms with Crippen LogP contribution in [0.25, 0.3) is 0 Å². The number of carbonyl (C=O) groups is 3. The topological polar surface area (TPSA) is 70.2 Å². The van der Waals surface area contributed by atoms with Crippen molar-refractivity contribution >= 4 is 23.5 Å². The number of hydrogen-bond donors (Lipinski definition) is 0. The van der Waals surface area contributed by atoms with Gasteiger partial charge in [0.25, 0.3) is 0 Å². The smallest absolute Gasteiger partial charge is 0.339 e. The highest BCUT2D eigenvalue weighted by Gasteiger charge is 2.57. The minimum Gasteiger partial charge on any atom is -0.449 e. The molecule has 1 atom stereocenters. The van der Waals surface area contributed by atoms with Crippen LogP contribution < -0.4 is 4.90 Å². The fraction of sp³-hybridized carbons (Fsp3) is 0.423. The molecular weight excluding hydrogens is 418 g/mol. The summed E-state index contributed by atoms with van der Waals surface area (Å²) < 4.78 is 5.83. The normalized spacial score (nSPS) is 26.0. The van der Waals surface area contributed by atoms with Crippen molar-refractivity contribution in [2.75, 3.05) is 44.7 Å². The van der Waals surface area contributed by atoms with E-state index >= 15 is 0 Å².